The van der Waals surface area contributed by atoms with E-state index >= 15 is 0 Å². The first-order valence-electron chi connectivity index (χ1n) is 14.5. The van der Waals surface area contributed by atoms with Crippen LogP contribution < -0.4 is 20.3 Å². The topological polar surface area (TPSA) is 168 Å². The molecule has 0 unspecified atom stereocenters. The number of aromatic hydroxyl groups is 2. The first-order chi connectivity index (χ1) is 23.3. The number of phenolic OH excluding ortho intramolecular Hbond substituents is 2. The Morgan fingerprint density at radius 3 is 2.23 bits per heavy atom. The van der Waals surface area contributed by atoms with E-state index < -0.39 is 10.8 Å². The lowest BCUT2D eigenvalue weighted by Gasteiger charge is -2.14. The molecule has 0 aromatic heterocycles. The molecule has 0 bridgehead atoms. The van der Waals surface area contributed by atoms with Gasteiger partial charge >= 0.3 is 0 Å². The van der Waals surface area contributed by atoms with E-state index in [1.54, 1.807) is 48.5 Å². The average molecular weight is 642 g/mol. The molecule has 0 atom stereocenters. The molecule has 0 aliphatic rings. The molecular weight excluding hydrogens is 614 g/mol. The first kappa shape index (κ1) is 31.0. The molecule has 0 radical (unpaired) electrons. The molecule has 0 aliphatic carbocycles. The third kappa shape index (κ3) is 6.53. The third-order valence-corrected chi connectivity index (χ3v) is 7.46. The fraction of sp³-hybridized carbons (Fsp3) is 0.0278. The summed E-state index contributed by atoms with van der Waals surface area (Å²) in [5.41, 5.74) is 6.94. The van der Waals surface area contributed by atoms with Gasteiger partial charge in [-0.15, -0.1) is 0 Å². The van der Waals surface area contributed by atoms with Crippen LogP contribution in [0.2, 0.25) is 0 Å². The Morgan fingerprint density at radius 1 is 0.750 bits per heavy atom. The number of fused-ring (bicyclic) bond motifs is 2. The molecule has 0 spiro atoms. The lowest BCUT2D eigenvalue weighted by molar-refractivity contribution is -0.384. The van der Waals surface area contributed by atoms with Crippen LogP contribution in [0.1, 0.15) is 21.5 Å². The van der Waals surface area contributed by atoms with Crippen molar-refractivity contribution in [2.24, 2.45) is 10.2 Å². The van der Waals surface area contributed by atoms with Crippen molar-refractivity contribution < 1.29 is 29.4 Å². The number of nitrogens with zero attached hydrogens (tertiary/aromatic N) is 3. The van der Waals surface area contributed by atoms with Crippen LogP contribution in [0.5, 0.6) is 28.7 Å². The summed E-state index contributed by atoms with van der Waals surface area (Å²) in [6, 6.07) is 29.9. The maximum atomic E-state index is 12.9. The number of hydrogen-bond acceptors (Lipinski definition) is 10. The molecule has 12 nitrogen and oxygen atoms in total. The van der Waals surface area contributed by atoms with E-state index in [4.69, 9.17) is 9.47 Å². The number of hydrazone groups is 2. The fourth-order valence-corrected chi connectivity index (χ4v) is 5.05. The Kier molecular flexibility index (Phi) is 8.79. The van der Waals surface area contributed by atoms with E-state index in [0.717, 1.165) is 10.8 Å². The number of phenols is 2. The summed E-state index contributed by atoms with van der Waals surface area (Å²) < 4.78 is 11.8. The van der Waals surface area contributed by atoms with Crippen LogP contribution in [-0.4, -0.2) is 40.6 Å². The molecule has 1 amide bonds. The summed E-state index contributed by atoms with van der Waals surface area (Å²) in [7, 11) is 1.46. The monoisotopic (exact) mass is 641 g/mol. The fourth-order valence-electron chi connectivity index (χ4n) is 5.05. The van der Waals surface area contributed by atoms with E-state index in [9.17, 15) is 25.1 Å². The minimum atomic E-state index is -0.497. The van der Waals surface area contributed by atoms with Crippen molar-refractivity contribution in [1.29, 1.82) is 0 Å². The van der Waals surface area contributed by atoms with E-state index in [2.05, 4.69) is 21.1 Å². The molecule has 0 aliphatic heterocycles. The van der Waals surface area contributed by atoms with E-state index in [-0.39, 0.29) is 22.7 Å². The summed E-state index contributed by atoms with van der Waals surface area (Å²) in [5, 5.41) is 43.1. The van der Waals surface area contributed by atoms with Gasteiger partial charge in [0.25, 0.3) is 11.6 Å². The number of anilines is 1. The van der Waals surface area contributed by atoms with Crippen molar-refractivity contribution in [2.75, 3.05) is 12.5 Å². The summed E-state index contributed by atoms with van der Waals surface area (Å²) in [5.74, 6) is 0.622. The van der Waals surface area contributed by atoms with Gasteiger partial charge < -0.3 is 19.7 Å². The van der Waals surface area contributed by atoms with Gasteiger partial charge in [-0.2, -0.15) is 10.2 Å². The minimum absolute atomic E-state index is 0.0137. The predicted octanol–water partition coefficient (Wildman–Crippen LogP) is 7.32. The van der Waals surface area contributed by atoms with Gasteiger partial charge in [0.1, 0.15) is 17.2 Å². The van der Waals surface area contributed by atoms with Crippen molar-refractivity contribution in [3.05, 3.63) is 136 Å². The molecule has 4 N–H and O–H groups in total. The molecule has 238 valence electrons. The van der Waals surface area contributed by atoms with Gasteiger partial charge in [-0.05, 0) is 70.8 Å². The molecule has 6 aromatic rings. The molecule has 48 heavy (non-hydrogen) atoms. The molecule has 6 rings (SSSR count). The van der Waals surface area contributed by atoms with Crippen LogP contribution in [0.25, 0.3) is 21.5 Å². The number of benzene rings is 6. The Morgan fingerprint density at radius 2 is 1.46 bits per heavy atom. The molecule has 6 aromatic carbocycles. The van der Waals surface area contributed by atoms with Crippen LogP contribution in [-0.2, 0) is 0 Å². The van der Waals surface area contributed by atoms with Crippen molar-refractivity contribution in [1.82, 2.24) is 5.43 Å². The number of ether oxygens (including phenoxy) is 2. The number of hydrogen-bond donors (Lipinski definition) is 4. The number of methoxy groups -OCH3 is 1. The van der Waals surface area contributed by atoms with Crippen molar-refractivity contribution >= 4 is 51.3 Å². The van der Waals surface area contributed by atoms with E-state index in [1.165, 1.54) is 55.9 Å². The summed E-state index contributed by atoms with van der Waals surface area (Å²) in [6.07, 6.45) is 2.84. The molecule has 0 saturated heterocycles. The lowest BCUT2D eigenvalue weighted by Crippen LogP contribution is -2.17. The van der Waals surface area contributed by atoms with Gasteiger partial charge in [0.05, 0.1) is 30.1 Å². The Hall–Kier alpha value is -6.95. The number of carbonyl (C=O) groups excluding carboxylic acids is 1. The van der Waals surface area contributed by atoms with E-state index in [0.29, 0.717) is 44.8 Å². The van der Waals surface area contributed by atoms with Gasteiger partial charge in [-0.1, -0.05) is 42.5 Å². The number of nitrogens with one attached hydrogen (secondary N) is 2. The number of nitro benzene ring substituents is 1. The highest BCUT2D eigenvalue weighted by Gasteiger charge is 2.15. The second-order valence-electron chi connectivity index (χ2n) is 10.4. The van der Waals surface area contributed by atoms with Crippen molar-refractivity contribution in [3.63, 3.8) is 0 Å². The highest BCUT2D eigenvalue weighted by atomic mass is 16.6. The van der Waals surface area contributed by atoms with Crippen LogP contribution in [0.3, 0.4) is 0 Å². The van der Waals surface area contributed by atoms with Gasteiger partial charge in [0, 0.05) is 34.2 Å². The molecule has 0 heterocycles. The second kappa shape index (κ2) is 13.6. The van der Waals surface area contributed by atoms with E-state index in [1.807, 2.05) is 24.3 Å². The number of nitro groups is 1. The van der Waals surface area contributed by atoms with Crippen LogP contribution in [0.15, 0.2) is 119 Å². The molecule has 0 fully saturated rings. The highest BCUT2D eigenvalue weighted by Crippen LogP contribution is 2.38. The van der Waals surface area contributed by atoms with Gasteiger partial charge in [-0.25, -0.2) is 5.43 Å². The van der Waals surface area contributed by atoms with Crippen molar-refractivity contribution in [2.45, 2.75) is 0 Å². The largest absolute Gasteiger partial charge is 0.507 e. The van der Waals surface area contributed by atoms with Crippen LogP contribution in [0, 0.1) is 10.1 Å². The number of carbonyl (C=O) groups is 1. The third-order valence-electron chi connectivity index (χ3n) is 7.46. The highest BCUT2D eigenvalue weighted by molar-refractivity contribution is 6.05. The standard InChI is InChI=1S/C36H27N5O7/c1-47-35-19-23(36(44)40-38-20-29-26-6-3-2-5-22(26)9-16-31(29)42)10-18-34(35)48-33-8-4-7-27-28(33)15-17-32(43)30(27)21-37-39-24-11-13-25(14-12-24)41(45)46/h2-21,39,42-43H,1H3,(H,40,44)/b37-21+,38-20+. The van der Waals surface area contributed by atoms with Gasteiger partial charge in [0.15, 0.2) is 11.5 Å². The van der Waals surface area contributed by atoms with Crippen LogP contribution >= 0.6 is 0 Å². The Bertz CT molecular complexity index is 2230. The zero-order chi connectivity index (χ0) is 33.6. The smallest absolute Gasteiger partial charge is 0.271 e. The molecule has 12 heteroatoms. The second-order valence-corrected chi connectivity index (χ2v) is 10.4. The predicted molar refractivity (Wildman–Crippen MR) is 184 cm³/mol. The quantitative estimate of drug-likeness (QED) is 0.0685. The SMILES string of the molecule is COc1cc(C(=O)N/N=C/c2c(O)ccc3ccccc23)ccc1Oc1cccc2c(/C=N/Nc3ccc([N+](=O)[O-])cc3)c(O)ccc12. The number of rotatable bonds is 10. The zero-order valence-electron chi connectivity index (χ0n) is 25.3. The first-order valence-corrected chi connectivity index (χ1v) is 14.5. The zero-order valence-corrected chi connectivity index (χ0v) is 25.3. The molecular formula is C36H27N5O7. The minimum Gasteiger partial charge on any atom is -0.507 e. The number of non-ortho nitro benzene ring substituents is 1. The van der Waals surface area contributed by atoms with Gasteiger partial charge in [-0.3, -0.25) is 20.3 Å². The Balaban J connectivity index is 1.19. The average Bonchev–Trinajstić information content (AvgIpc) is 3.10. The maximum absolute atomic E-state index is 12.9. The normalized spacial score (nSPS) is 11.3. The van der Waals surface area contributed by atoms with Gasteiger partial charge in [0.2, 0.25) is 0 Å². The molecule has 0 saturated carbocycles. The Labute approximate surface area is 273 Å². The lowest BCUT2D eigenvalue weighted by atomic mass is 10.0. The van der Waals surface area contributed by atoms with Crippen LogP contribution in [0.4, 0.5) is 11.4 Å². The van der Waals surface area contributed by atoms with Crippen molar-refractivity contribution in [3.8, 4) is 28.7 Å². The summed E-state index contributed by atoms with van der Waals surface area (Å²) in [4.78, 5) is 23.3. The summed E-state index contributed by atoms with van der Waals surface area (Å²) >= 11 is 0. The maximum Gasteiger partial charge on any atom is 0.271 e. The summed E-state index contributed by atoms with van der Waals surface area (Å²) in [6.45, 7) is 0. The number of amides is 1.